The summed E-state index contributed by atoms with van der Waals surface area (Å²) >= 11 is 0. The van der Waals surface area contributed by atoms with Gasteiger partial charge in [-0.1, -0.05) is 0 Å². The molecule has 1 aliphatic carbocycles. The molecule has 1 saturated carbocycles. The molecule has 0 spiro atoms. The highest BCUT2D eigenvalue weighted by Gasteiger charge is 2.39. The van der Waals surface area contributed by atoms with Crippen LogP contribution >= 0.6 is 0 Å². The first-order valence-electron chi connectivity index (χ1n) is 5.20. The van der Waals surface area contributed by atoms with Gasteiger partial charge in [-0.25, -0.2) is 0 Å². The maximum Gasteiger partial charge on any atom is 0.0197 e. The number of hydrogen-bond acceptors (Lipinski definition) is 2. The van der Waals surface area contributed by atoms with Gasteiger partial charge in [-0.3, -0.25) is 4.90 Å². The van der Waals surface area contributed by atoms with Gasteiger partial charge < -0.3 is 5.73 Å². The highest BCUT2D eigenvalue weighted by Crippen LogP contribution is 2.36. The smallest absolute Gasteiger partial charge is 0.0197 e. The molecule has 3 atom stereocenters. The number of nitrogens with zero attached hydrogens (tertiary/aromatic N) is 1. The normalized spacial score (nSPS) is 42.5. The van der Waals surface area contributed by atoms with Crippen LogP contribution in [-0.2, 0) is 0 Å². The lowest BCUT2D eigenvalue weighted by molar-refractivity contribution is 0.105. The van der Waals surface area contributed by atoms with E-state index in [-0.39, 0.29) is 0 Å². The monoisotopic (exact) mass is 168 g/mol. The van der Waals surface area contributed by atoms with Crippen LogP contribution in [0.3, 0.4) is 0 Å². The molecule has 0 aromatic carbocycles. The first-order chi connectivity index (χ1) is 5.68. The summed E-state index contributed by atoms with van der Waals surface area (Å²) in [5, 5.41) is 0. The van der Waals surface area contributed by atoms with Crippen LogP contribution in [0, 0.1) is 5.92 Å². The second kappa shape index (κ2) is 3.00. The molecule has 2 N–H and O–H groups in total. The number of fused-ring (bicyclic) bond motifs is 2. The molecular formula is C10H20N2. The lowest BCUT2D eigenvalue weighted by Crippen LogP contribution is -2.51. The minimum atomic E-state index is 0.450. The molecule has 1 heterocycles. The molecule has 70 valence electrons. The van der Waals surface area contributed by atoms with Crippen LogP contribution in [0.15, 0.2) is 0 Å². The van der Waals surface area contributed by atoms with Crippen molar-refractivity contribution in [3.05, 3.63) is 0 Å². The van der Waals surface area contributed by atoms with Crippen molar-refractivity contribution in [3.63, 3.8) is 0 Å². The van der Waals surface area contributed by atoms with Crippen LogP contribution in [0.4, 0.5) is 0 Å². The van der Waals surface area contributed by atoms with Gasteiger partial charge in [0.25, 0.3) is 0 Å². The van der Waals surface area contributed by atoms with E-state index in [0.29, 0.717) is 12.1 Å². The van der Waals surface area contributed by atoms with Gasteiger partial charge in [-0.2, -0.15) is 0 Å². The van der Waals surface area contributed by atoms with Gasteiger partial charge in [0.2, 0.25) is 0 Å². The Balaban J connectivity index is 2.07. The SMILES string of the molecule is CC(C)N1C[C@H](N)[C@@H]2CC[C@@H]1C2. The van der Waals surface area contributed by atoms with Gasteiger partial charge in [0.05, 0.1) is 0 Å². The zero-order valence-electron chi connectivity index (χ0n) is 8.16. The van der Waals surface area contributed by atoms with Crippen molar-refractivity contribution in [3.8, 4) is 0 Å². The Labute approximate surface area is 75.1 Å². The second-order valence-corrected chi connectivity index (χ2v) is 4.68. The minimum Gasteiger partial charge on any atom is -0.326 e. The molecule has 0 aromatic heterocycles. The van der Waals surface area contributed by atoms with Crippen molar-refractivity contribution >= 4 is 0 Å². The van der Waals surface area contributed by atoms with Crippen molar-refractivity contribution in [2.75, 3.05) is 6.54 Å². The second-order valence-electron chi connectivity index (χ2n) is 4.68. The zero-order chi connectivity index (χ0) is 8.72. The fourth-order valence-electron chi connectivity index (χ4n) is 2.86. The molecule has 2 rings (SSSR count). The fraction of sp³-hybridized carbons (Fsp3) is 1.00. The number of likely N-dealkylation sites (tertiary alicyclic amines) is 1. The largest absolute Gasteiger partial charge is 0.326 e. The predicted molar refractivity (Wildman–Crippen MR) is 50.9 cm³/mol. The van der Waals surface area contributed by atoms with E-state index >= 15 is 0 Å². The van der Waals surface area contributed by atoms with E-state index in [9.17, 15) is 0 Å². The number of nitrogens with two attached hydrogens (primary N) is 1. The third kappa shape index (κ3) is 1.27. The molecule has 0 aromatic rings. The number of hydrogen-bond donors (Lipinski definition) is 1. The molecule has 1 saturated heterocycles. The Bertz CT molecular complexity index is 167. The number of piperidine rings is 1. The van der Waals surface area contributed by atoms with Crippen molar-refractivity contribution in [1.82, 2.24) is 4.90 Å². The fourth-order valence-corrected chi connectivity index (χ4v) is 2.86. The standard InChI is InChI=1S/C10H20N2/c1-7(2)12-6-10(11)8-3-4-9(12)5-8/h7-10H,3-6,11H2,1-2H3/t8-,9-,10+/m1/s1. The van der Waals surface area contributed by atoms with Crippen LogP contribution in [0.25, 0.3) is 0 Å². The Morgan fingerprint density at radius 1 is 1.33 bits per heavy atom. The van der Waals surface area contributed by atoms with E-state index in [1.807, 2.05) is 0 Å². The van der Waals surface area contributed by atoms with E-state index in [1.54, 1.807) is 0 Å². The van der Waals surface area contributed by atoms with Crippen molar-refractivity contribution in [2.45, 2.75) is 51.2 Å². The van der Waals surface area contributed by atoms with Gasteiger partial charge in [-0.05, 0) is 39.0 Å². The third-order valence-corrected chi connectivity index (χ3v) is 3.60. The van der Waals surface area contributed by atoms with E-state index in [0.717, 1.165) is 18.5 Å². The molecule has 2 bridgehead atoms. The first kappa shape index (κ1) is 8.52. The Hall–Kier alpha value is -0.0800. The van der Waals surface area contributed by atoms with E-state index < -0.39 is 0 Å². The lowest BCUT2D eigenvalue weighted by Gasteiger charge is -2.39. The highest BCUT2D eigenvalue weighted by atomic mass is 15.2. The molecule has 2 fully saturated rings. The maximum atomic E-state index is 6.10. The summed E-state index contributed by atoms with van der Waals surface area (Å²) in [4.78, 5) is 2.59. The predicted octanol–water partition coefficient (Wildman–Crippen LogP) is 1.21. The van der Waals surface area contributed by atoms with E-state index in [4.69, 9.17) is 5.73 Å². The molecule has 12 heavy (non-hydrogen) atoms. The molecule has 0 amide bonds. The molecule has 1 aliphatic heterocycles. The third-order valence-electron chi connectivity index (χ3n) is 3.60. The summed E-state index contributed by atoms with van der Waals surface area (Å²) in [5.74, 6) is 0.838. The summed E-state index contributed by atoms with van der Waals surface area (Å²) in [6.45, 7) is 5.70. The molecule has 2 heteroatoms. The maximum absolute atomic E-state index is 6.10. The topological polar surface area (TPSA) is 29.3 Å². The van der Waals surface area contributed by atoms with Crippen molar-refractivity contribution < 1.29 is 0 Å². The van der Waals surface area contributed by atoms with Crippen LogP contribution < -0.4 is 5.73 Å². The van der Waals surface area contributed by atoms with Gasteiger partial charge in [0.15, 0.2) is 0 Å². The van der Waals surface area contributed by atoms with E-state index in [1.165, 1.54) is 19.3 Å². The van der Waals surface area contributed by atoms with Crippen LogP contribution in [0.5, 0.6) is 0 Å². The van der Waals surface area contributed by atoms with Crippen molar-refractivity contribution in [2.24, 2.45) is 11.7 Å². The summed E-state index contributed by atoms with van der Waals surface area (Å²) < 4.78 is 0. The average molecular weight is 168 g/mol. The average Bonchev–Trinajstić information content (AvgIpc) is 2.42. The summed E-state index contributed by atoms with van der Waals surface area (Å²) in [6.07, 6.45) is 4.12. The minimum absolute atomic E-state index is 0.450. The quantitative estimate of drug-likeness (QED) is 0.637. The van der Waals surface area contributed by atoms with E-state index in [2.05, 4.69) is 18.7 Å². The molecule has 0 radical (unpaired) electrons. The summed E-state index contributed by atoms with van der Waals surface area (Å²) in [5.41, 5.74) is 6.10. The van der Waals surface area contributed by atoms with Gasteiger partial charge >= 0.3 is 0 Å². The van der Waals surface area contributed by atoms with Gasteiger partial charge in [-0.15, -0.1) is 0 Å². The molecular weight excluding hydrogens is 148 g/mol. The molecule has 2 aliphatic rings. The Morgan fingerprint density at radius 2 is 2.08 bits per heavy atom. The molecule has 2 nitrogen and oxygen atoms in total. The first-order valence-corrected chi connectivity index (χ1v) is 5.20. The van der Waals surface area contributed by atoms with Crippen molar-refractivity contribution in [1.29, 1.82) is 0 Å². The zero-order valence-corrected chi connectivity index (χ0v) is 8.16. The summed E-state index contributed by atoms with van der Waals surface area (Å²) in [7, 11) is 0. The van der Waals surface area contributed by atoms with Crippen LogP contribution in [0.1, 0.15) is 33.1 Å². The van der Waals surface area contributed by atoms with Crippen LogP contribution in [-0.4, -0.2) is 29.6 Å². The number of rotatable bonds is 1. The molecule has 0 unspecified atom stereocenters. The summed E-state index contributed by atoms with van der Waals surface area (Å²) in [6, 6.07) is 1.99. The highest BCUT2D eigenvalue weighted by molar-refractivity contribution is 4.95. The van der Waals surface area contributed by atoms with Crippen LogP contribution in [0.2, 0.25) is 0 Å². The Kier molecular flexibility index (Phi) is 2.13. The van der Waals surface area contributed by atoms with Gasteiger partial charge in [0, 0.05) is 24.7 Å². The van der Waals surface area contributed by atoms with Gasteiger partial charge in [0.1, 0.15) is 0 Å². The Morgan fingerprint density at radius 3 is 2.75 bits per heavy atom. The lowest BCUT2D eigenvalue weighted by atomic mass is 9.93.